The predicted molar refractivity (Wildman–Crippen MR) is 71.8 cm³/mol. The van der Waals surface area contributed by atoms with Crippen molar-refractivity contribution in [1.82, 2.24) is 9.78 Å². The third-order valence-corrected chi connectivity index (χ3v) is 2.80. The summed E-state index contributed by atoms with van der Waals surface area (Å²) < 4.78 is 6.60. The smallest absolute Gasteiger partial charge is 0.325 e. The quantitative estimate of drug-likeness (QED) is 0.751. The van der Waals surface area contributed by atoms with Crippen molar-refractivity contribution in [3.8, 4) is 6.07 Å². The SMILES string of the molecule is CCOC(=O)CN(c1c(C#N)c(C)nn1C)C(C)C. The molecule has 1 heterocycles. The fourth-order valence-electron chi connectivity index (χ4n) is 1.95. The maximum absolute atomic E-state index is 11.7. The second kappa shape index (κ2) is 6.23. The number of hydrogen-bond acceptors (Lipinski definition) is 5. The van der Waals surface area contributed by atoms with Gasteiger partial charge in [0.05, 0.1) is 12.3 Å². The highest BCUT2D eigenvalue weighted by Crippen LogP contribution is 2.24. The first-order valence-corrected chi connectivity index (χ1v) is 6.28. The third kappa shape index (κ3) is 3.25. The number of esters is 1. The topological polar surface area (TPSA) is 71.2 Å². The molecular formula is C13H20N4O2. The summed E-state index contributed by atoms with van der Waals surface area (Å²) in [6.07, 6.45) is 0. The number of ether oxygens (including phenoxy) is 1. The lowest BCUT2D eigenvalue weighted by Gasteiger charge is -2.27. The van der Waals surface area contributed by atoms with Crippen LogP contribution >= 0.6 is 0 Å². The number of carbonyl (C=O) groups excluding carboxylic acids is 1. The lowest BCUT2D eigenvalue weighted by molar-refractivity contribution is -0.141. The molecule has 1 aromatic rings. The van der Waals surface area contributed by atoms with Crippen molar-refractivity contribution in [1.29, 1.82) is 5.26 Å². The van der Waals surface area contributed by atoms with Crippen LogP contribution in [0, 0.1) is 18.3 Å². The molecule has 6 heteroatoms. The molecule has 0 saturated carbocycles. The van der Waals surface area contributed by atoms with Gasteiger partial charge in [-0.3, -0.25) is 9.48 Å². The summed E-state index contributed by atoms with van der Waals surface area (Å²) in [5, 5.41) is 13.5. The Balaban J connectivity index is 3.14. The normalized spacial score (nSPS) is 10.4. The van der Waals surface area contributed by atoms with Crippen LogP contribution < -0.4 is 4.90 Å². The summed E-state index contributed by atoms with van der Waals surface area (Å²) in [6.45, 7) is 7.93. The van der Waals surface area contributed by atoms with Gasteiger partial charge in [0, 0.05) is 13.1 Å². The molecule has 0 N–H and O–H groups in total. The number of anilines is 1. The Morgan fingerprint density at radius 3 is 2.68 bits per heavy atom. The molecule has 0 fully saturated rings. The molecule has 0 atom stereocenters. The molecule has 0 unspecified atom stereocenters. The maximum Gasteiger partial charge on any atom is 0.325 e. The third-order valence-electron chi connectivity index (χ3n) is 2.80. The Bertz CT molecular complexity index is 499. The molecule has 0 saturated heterocycles. The van der Waals surface area contributed by atoms with Crippen LogP contribution in [0.25, 0.3) is 0 Å². The van der Waals surface area contributed by atoms with Crippen molar-refractivity contribution in [2.75, 3.05) is 18.1 Å². The van der Waals surface area contributed by atoms with E-state index in [1.807, 2.05) is 18.7 Å². The molecule has 0 bridgehead atoms. The van der Waals surface area contributed by atoms with Crippen LogP contribution in [-0.4, -0.2) is 34.9 Å². The Labute approximate surface area is 113 Å². The molecule has 0 aliphatic carbocycles. The second-order valence-corrected chi connectivity index (χ2v) is 4.55. The average molecular weight is 264 g/mol. The van der Waals surface area contributed by atoms with E-state index < -0.39 is 0 Å². The van der Waals surface area contributed by atoms with Crippen LogP contribution in [0.5, 0.6) is 0 Å². The number of carbonyl (C=O) groups is 1. The van der Waals surface area contributed by atoms with E-state index in [2.05, 4.69) is 11.2 Å². The van der Waals surface area contributed by atoms with E-state index in [0.29, 0.717) is 23.7 Å². The predicted octanol–water partition coefficient (Wildman–Crippen LogP) is 1.38. The van der Waals surface area contributed by atoms with Gasteiger partial charge in [0.2, 0.25) is 0 Å². The standard InChI is InChI=1S/C13H20N4O2/c1-6-19-12(18)8-17(9(2)3)13-11(7-14)10(4)15-16(13)5/h9H,6,8H2,1-5H3. The van der Waals surface area contributed by atoms with E-state index in [9.17, 15) is 10.1 Å². The molecule has 1 rings (SSSR count). The van der Waals surface area contributed by atoms with Gasteiger partial charge < -0.3 is 9.64 Å². The van der Waals surface area contributed by atoms with Crippen LogP contribution in [-0.2, 0) is 16.6 Å². The monoisotopic (exact) mass is 264 g/mol. The maximum atomic E-state index is 11.7. The highest BCUT2D eigenvalue weighted by Gasteiger charge is 2.23. The van der Waals surface area contributed by atoms with Crippen molar-refractivity contribution in [2.24, 2.45) is 7.05 Å². The molecule has 19 heavy (non-hydrogen) atoms. The number of aromatic nitrogens is 2. The first-order valence-electron chi connectivity index (χ1n) is 6.28. The summed E-state index contributed by atoms with van der Waals surface area (Å²) in [5.74, 6) is 0.349. The summed E-state index contributed by atoms with van der Waals surface area (Å²) in [7, 11) is 1.77. The summed E-state index contributed by atoms with van der Waals surface area (Å²) in [5.41, 5.74) is 1.16. The average Bonchev–Trinajstić information content (AvgIpc) is 2.60. The fourth-order valence-corrected chi connectivity index (χ4v) is 1.95. The van der Waals surface area contributed by atoms with Gasteiger partial charge in [-0.15, -0.1) is 0 Å². The summed E-state index contributed by atoms with van der Waals surface area (Å²) in [6, 6.07) is 2.21. The first-order chi connectivity index (χ1) is 8.92. The van der Waals surface area contributed by atoms with Crippen molar-refractivity contribution in [2.45, 2.75) is 33.7 Å². The van der Waals surface area contributed by atoms with Crippen molar-refractivity contribution < 1.29 is 9.53 Å². The van der Waals surface area contributed by atoms with Gasteiger partial charge >= 0.3 is 5.97 Å². The number of aryl methyl sites for hydroxylation is 2. The number of rotatable bonds is 5. The summed E-state index contributed by atoms with van der Waals surface area (Å²) in [4.78, 5) is 13.5. The Hall–Kier alpha value is -2.03. The van der Waals surface area contributed by atoms with Crippen LogP contribution in [0.2, 0.25) is 0 Å². The lowest BCUT2D eigenvalue weighted by Crippen LogP contribution is -2.38. The zero-order valence-electron chi connectivity index (χ0n) is 12.1. The van der Waals surface area contributed by atoms with Crippen LogP contribution in [0.3, 0.4) is 0 Å². The zero-order valence-corrected chi connectivity index (χ0v) is 12.1. The van der Waals surface area contributed by atoms with Gasteiger partial charge in [0.15, 0.2) is 0 Å². The minimum atomic E-state index is -0.307. The van der Waals surface area contributed by atoms with E-state index in [-0.39, 0.29) is 18.6 Å². The second-order valence-electron chi connectivity index (χ2n) is 4.55. The number of hydrogen-bond donors (Lipinski definition) is 0. The Morgan fingerprint density at radius 2 is 2.21 bits per heavy atom. The fraction of sp³-hybridized carbons (Fsp3) is 0.615. The van der Waals surface area contributed by atoms with Gasteiger partial charge in [-0.25, -0.2) is 0 Å². The van der Waals surface area contributed by atoms with E-state index in [0.717, 1.165) is 0 Å². The highest BCUT2D eigenvalue weighted by atomic mass is 16.5. The molecule has 0 aliphatic heterocycles. The molecule has 0 amide bonds. The van der Waals surface area contributed by atoms with Gasteiger partial charge in [0.25, 0.3) is 0 Å². The minimum absolute atomic E-state index is 0.0614. The van der Waals surface area contributed by atoms with E-state index >= 15 is 0 Å². The highest BCUT2D eigenvalue weighted by molar-refractivity contribution is 5.76. The molecule has 0 aromatic carbocycles. The number of nitriles is 1. The minimum Gasteiger partial charge on any atom is -0.465 e. The molecule has 6 nitrogen and oxygen atoms in total. The number of nitrogens with zero attached hydrogens (tertiary/aromatic N) is 4. The Morgan fingerprint density at radius 1 is 1.58 bits per heavy atom. The largest absolute Gasteiger partial charge is 0.465 e. The van der Waals surface area contributed by atoms with E-state index in [1.165, 1.54) is 0 Å². The molecule has 0 spiro atoms. The molecule has 0 aliphatic rings. The Kier molecular flexibility index (Phi) is 4.93. The molecule has 0 radical (unpaired) electrons. The molecule has 104 valence electrons. The summed E-state index contributed by atoms with van der Waals surface area (Å²) >= 11 is 0. The van der Waals surface area contributed by atoms with Crippen molar-refractivity contribution in [3.63, 3.8) is 0 Å². The van der Waals surface area contributed by atoms with Crippen LogP contribution in [0.1, 0.15) is 32.0 Å². The molecular weight excluding hydrogens is 244 g/mol. The van der Waals surface area contributed by atoms with Gasteiger partial charge in [-0.1, -0.05) is 0 Å². The van der Waals surface area contributed by atoms with Gasteiger partial charge in [-0.2, -0.15) is 10.4 Å². The van der Waals surface area contributed by atoms with Crippen LogP contribution in [0.15, 0.2) is 0 Å². The van der Waals surface area contributed by atoms with Gasteiger partial charge in [0.1, 0.15) is 24.0 Å². The van der Waals surface area contributed by atoms with E-state index in [4.69, 9.17) is 4.74 Å². The van der Waals surface area contributed by atoms with Crippen molar-refractivity contribution >= 4 is 11.8 Å². The van der Waals surface area contributed by atoms with Crippen molar-refractivity contribution in [3.05, 3.63) is 11.3 Å². The van der Waals surface area contributed by atoms with E-state index in [1.54, 1.807) is 25.6 Å². The van der Waals surface area contributed by atoms with Crippen LogP contribution in [0.4, 0.5) is 5.82 Å². The van der Waals surface area contributed by atoms with Gasteiger partial charge in [-0.05, 0) is 27.7 Å². The first kappa shape index (κ1) is 15.0. The zero-order chi connectivity index (χ0) is 14.6. The lowest BCUT2D eigenvalue weighted by atomic mass is 10.2. The molecule has 1 aromatic heterocycles.